The Morgan fingerprint density at radius 2 is 1.79 bits per heavy atom. The molecule has 1 aliphatic rings. The van der Waals surface area contributed by atoms with Crippen molar-refractivity contribution < 1.29 is 8.78 Å². The van der Waals surface area contributed by atoms with Crippen LogP contribution in [-0.4, -0.2) is 43.0 Å². The van der Waals surface area contributed by atoms with Crippen LogP contribution in [0.5, 0.6) is 0 Å². The van der Waals surface area contributed by atoms with Crippen LogP contribution in [0.2, 0.25) is 0 Å². The lowest BCUT2D eigenvalue weighted by Crippen LogP contribution is -2.44. The molecule has 0 radical (unpaired) electrons. The number of piperazine rings is 1. The molecule has 106 valence electrons. The number of nitrogens with zero attached hydrogens (tertiary/aromatic N) is 2. The first-order chi connectivity index (χ1) is 8.86. The summed E-state index contributed by atoms with van der Waals surface area (Å²) in [6, 6.07) is 5.38. The van der Waals surface area contributed by atoms with Crippen LogP contribution >= 0.6 is 0 Å². The monoisotopic (exact) mass is 268 g/mol. The molecule has 0 aliphatic carbocycles. The highest BCUT2D eigenvalue weighted by Gasteiger charge is 2.28. The summed E-state index contributed by atoms with van der Waals surface area (Å²) in [5.41, 5.74) is 1.81. The lowest BCUT2D eigenvalue weighted by molar-refractivity contribution is 0.0154. The van der Waals surface area contributed by atoms with Crippen molar-refractivity contribution in [3.63, 3.8) is 0 Å². The van der Waals surface area contributed by atoms with Gasteiger partial charge in [0.05, 0.1) is 0 Å². The van der Waals surface area contributed by atoms with Gasteiger partial charge >= 0.3 is 0 Å². The minimum Gasteiger partial charge on any atom is -0.304 e. The summed E-state index contributed by atoms with van der Waals surface area (Å²) in [7, 11) is 2.09. The minimum atomic E-state index is -2.77. The van der Waals surface area contributed by atoms with Crippen molar-refractivity contribution in [1.82, 2.24) is 9.80 Å². The van der Waals surface area contributed by atoms with E-state index in [9.17, 15) is 8.78 Å². The van der Waals surface area contributed by atoms with Gasteiger partial charge in [0.15, 0.2) is 0 Å². The van der Waals surface area contributed by atoms with Gasteiger partial charge in [-0.2, -0.15) is 0 Å². The maximum atomic E-state index is 13.7. The van der Waals surface area contributed by atoms with Crippen molar-refractivity contribution in [2.45, 2.75) is 26.3 Å². The predicted octanol–water partition coefficient (Wildman–Crippen LogP) is 2.85. The van der Waals surface area contributed by atoms with Crippen molar-refractivity contribution >= 4 is 0 Å². The topological polar surface area (TPSA) is 6.48 Å². The second-order valence-corrected chi connectivity index (χ2v) is 5.63. The Balaban J connectivity index is 2.16. The predicted molar refractivity (Wildman–Crippen MR) is 73.5 cm³/mol. The van der Waals surface area contributed by atoms with Gasteiger partial charge in [-0.3, -0.25) is 4.90 Å². The molecule has 2 rings (SSSR count). The zero-order valence-corrected chi connectivity index (χ0v) is 11.9. The first kappa shape index (κ1) is 14.4. The number of alkyl halides is 2. The quantitative estimate of drug-likeness (QED) is 0.831. The highest BCUT2D eigenvalue weighted by molar-refractivity contribution is 5.34. The smallest absolute Gasteiger partial charge is 0.270 e. The molecule has 0 unspecified atom stereocenters. The van der Waals surface area contributed by atoms with Crippen LogP contribution in [0.15, 0.2) is 18.2 Å². The van der Waals surface area contributed by atoms with Gasteiger partial charge in [-0.05, 0) is 25.6 Å². The SMILES string of the molecule is Cc1ccc(CN2CCN(C)CC2)c(C(C)(F)F)c1. The van der Waals surface area contributed by atoms with Gasteiger partial charge in [0.2, 0.25) is 0 Å². The summed E-state index contributed by atoms with van der Waals surface area (Å²) in [6.45, 7) is 7.35. The molecule has 0 N–H and O–H groups in total. The number of halogens is 2. The molecule has 0 amide bonds. The van der Waals surface area contributed by atoms with Crippen molar-refractivity contribution in [1.29, 1.82) is 0 Å². The molecule has 0 aromatic heterocycles. The molecule has 0 spiro atoms. The molecular weight excluding hydrogens is 246 g/mol. The highest BCUT2D eigenvalue weighted by atomic mass is 19.3. The number of hydrogen-bond acceptors (Lipinski definition) is 2. The molecule has 1 heterocycles. The van der Waals surface area contributed by atoms with Gasteiger partial charge in [-0.25, -0.2) is 8.78 Å². The maximum absolute atomic E-state index is 13.7. The van der Waals surface area contributed by atoms with Crippen molar-refractivity contribution in [2.75, 3.05) is 33.2 Å². The van der Waals surface area contributed by atoms with E-state index >= 15 is 0 Å². The number of rotatable bonds is 3. The second-order valence-electron chi connectivity index (χ2n) is 5.63. The third kappa shape index (κ3) is 3.74. The molecule has 2 nitrogen and oxygen atoms in total. The molecular formula is C15H22F2N2. The first-order valence-corrected chi connectivity index (χ1v) is 6.75. The van der Waals surface area contributed by atoms with Gasteiger partial charge in [0.25, 0.3) is 5.92 Å². The van der Waals surface area contributed by atoms with Crippen molar-refractivity contribution in [3.05, 3.63) is 34.9 Å². The third-order valence-electron chi connectivity index (χ3n) is 3.73. The molecule has 0 bridgehead atoms. The lowest BCUT2D eigenvalue weighted by atomic mass is 9.99. The molecule has 4 heteroatoms. The molecule has 1 aromatic rings. The number of aryl methyl sites for hydroxylation is 1. The van der Waals surface area contributed by atoms with Crippen LogP contribution in [0.25, 0.3) is 0 Å². The highest BCUT2D eigenvalue weighted by Crippen LogP contribution is 2.31. The summed E-state index contributed by atoms with van der Waals surface area (Å²) in [6.07, 6.45) is 0. The first-order valence-electron chi connectivity index (χ1n) is 6.75. The van der Waals surface area contributed by atoms with Gasteiger partial charge in [-0.15, -0.1) is 0 Å². The van der Waals surface area contributed by atoms with E-state index in [2.05, 4.69) is 16.8 Å². The van der Waals surface area contributed by atoms with E-state index in [4.69, 9.17) is 0 Å². The molecule has 1 saturated heterocycles. The number of likely N-dealkylation sites (N-methyl/N-ethyl adjacent to an activating group) is 1. The zero-order chi connectivity index (χ0) is 14.0. The second kappa shape index (κ2) is 5.55. The zero-order valence-electron chi connectivity index (χ0n) is 11.9. The van der Waals surface area contributed by atoms with Crippen LogP contribution in [0, 0.1) is 6.92 Å². The Hall–Kier alpha value is -1.00. The molecule has 1 fully saturated rings. The van der Waals surface area contributed by atoms with Crippen molar-refractivity contribution in [3.8, 4) is 0 Å². The molecule has 0 atom stereocenters. The summed E-state index contributed by atoms with van der Waals surface area (Å²) in [4.78, 5) is 4.51. The fraction of sp³-hybridized carbons (Fsp3) is 0.600. The number of benzene rings is 1. The average Bonchev–Trinajstić information content (AvgIpc) is 2.33. The van der Waals surface area contributed by atoms with E-state index < -0.39 is 5.92 Å². The summed E-state index contributed by atoms with van der Waals surface area (Å²) < 4.78 is 27.4. The summed E-state index contributed by atoms with van der Waals surface area (Å²) in [5.74, 6) is -2.77. The van der Waals surface area contributed by atoms with E-state index in [0.717, 1.165) is 44.2 Å². The molecule has 1 aliphatic heterocycles. The third-order valence-corrected chi connectivity index (χ3v) is 3.73. The van der Waals surface area contributed by atoms with Crippen molar-refractivity contribution in [2.24, 2.45) is 0 Å². The number of hydrogen-bond donors (Lipinski definition) is 0. The fourth-order valence-corrected chi connectivity index (χ4v) is 2.48. The van der Waals surface area contributed by atoms with Gasteiger partial charge in [0, 0.05) is 45.2 Å². The van der Waals surface area contributed by atoms with E-state index in [0.29, 0.717) is 6.54 Å². The minimum absolute atomic E-state index is 0.173. The molecule has 0 saturated carbocycles. The Labute approximate surface area is 114 Å². The van der Waals surface area contributed by atoms with Crippen LogP contribution in [0.1, 0.15) is 23.6 Å². The fourth-order valence-electron chi connectivity index (χ4n) is 2.48. The lowest BCUT2D eigenvalue weighted by Gasteiger charge is -2.33. The van der Waals surface area contributed by atoms with Crippen LogP contribution in [0.3, 0.4) is 0 Å². The Kier molecular flexibility index (Phi) is 4.21. The largest absolute Gasteiger partial charge is 0.304 e. The van der Waals surface area contributed by atoms with Crippen LogP contribution in [0.4, 0.5) is 8.78 Å². The maximum Gasteiger partial charge on any atom is 0.270 e. The Bertz CT molecular complexity index is 432. The summed E-state index contributed by atoms with van der Waals surface area (Å²) in [5, 5.41) is 0. The van der Waals surface area contributed by atoms with Crippen LogP contribution in [-0.2, 0) is 12.5 Å². The van der Waals surface area contributed by atoms with Crippen LogP contribution < -0.4 is 0 Å². The Morgan fingerprint density at radius 3 is 2.37 bits per heavy atom. The summed E-state index contributed by atoms with van der Waals surface area (Å²) >= 11 is 0. The van der Waals surface area contributed by atoms with E-state index in [1.54, 1.807) is 6.07 Å². The van der Waals surface area contributed by atoms with E-state index in [-0.39, 0.29) is 5.56 Å². The molecule has 1 aromatic carbocycles. The van der Waals surface area contributed by atoms with E-state index in [1.807, 2.05) is 19.1 Å². The molecule has 19 heavy (non-hydrogen) atoms. The van der Waals surface area contributed by atoms with Gasteiger partial charge in [0.1, 0.15) is 0 Å². The normalized spacial score (nSPS) is 18.8. The van der Waals surface area contributed by atoms with Gasteiger partial charge < -0.3 is 4.90 Å². The standard InChI is InChI=1S/C15H22F2N2/c1-12-4-5-13(14(10-12)15(2,16)17)11-19-8-6-18(3)7-9-19/h4-5,10H,6-9,11H2,1-3H3. The van der Waals surface area contributed by atoms with Gasteiger partial charge in [-0.1, -0.05) is 17.7 Å². The van der Waals surface area contributed by atoms with E-state index in [1.165, 1.54) is 0 Å². The Morgan fingerprint density at radius 1 is 1.16 bits per heavy atom. The average molecular weight is 268 g/mol.